The van der Waals surface area contributed by atoms with E-state index < -0.39 is 0 Å². The molecular formula is C19H19N5O3. The standard InChI is InChI=1S/C19H19N5O3/c1-26-16-7-3-5-14(18(16)27-2)8-9-17(25)22-11-15-6-4-10-21-19(15)24-13-20-12-23-24/h3-10,12-13H,11H2,1-2H3,(H,22,25)/b9-8-. The van der Waals surface area contributed by atoms with Crippen molar-refractivity contribution in [2.75, 3.05) is 14.2 Å². The van der Waals surface area contributed by atoms with Crippen molar-refractivity contribution < 1.29 is 14.3 Å². The molecule has 0 saturated carbocycles. The summed E-state index contributed by atoms with van der Waals surface area (Å²) < 4.78 is 12.2. The number of carbonyl (C=O) groups is 1. The average Bonchev–Trinajstić information content (AvgIpc) is 3.25. The van der Waals surface area contributed by atoms with Crippen molar-refractivity contribution in [1.82, 2.24) is 25.1 Å². The first-order chi connectivity index (χ1) is 13.2. The Bertz CT molecular complexity index is 938. The van der Waals surface area contributed by atoms with Crippen LogP contribution in [0.5, 0.6) is 11.5 Å². The van der Waals surface area contributed by atoms with Gasteiger partial charge in [-0.15, -0.1) is 0 Å². The molecule has 0 radical (unpaired) electrons. The second-order valence-electron chi connectivity index (χ2n) is 5.46. The summed E-state index contributed by atoms with van der Waals surface area (Å²) >= 11 is 0. The van der Waals surface area contributed by atoms with Gasteiger partial charge in [0.25, 0.3) is 0 Å². The van der Waals surface area contributed by atoms with E-state index in [1.807, 2.05) is 18.2 Å². The van der Waals surface area contributed by atoms with Crippen LogP contribution in [-0.2, 0) is 11.3 Å². The molecule has 27 heavy (non-hydrogen) atoms. The molecule has 2 aromatic heterocycles. The highest BCUT2D eigenvalue weighted by molar-refractivity contribution is 5.92. The second kappa shape index (κ2) is 8.61. The number of nitrogens with zero attached hydrogens (tertiary/aromatic N) is 4. The van der Waals surface area contributed by atoms with E-state index in [1.54, 1.807) is 49.6 Å². The molecule has 0 unspecified atom stereocenters. The summed E-state index contributed by atoms with van der Waals surface area (Å²) in [5, 5.41) is 6.91. The van der Waals surface area contributed by atoms with E-state index in [0.29, 0.717) is 23.9 Å². The smallest absolute Gasteiger partial charge is 0.244 e. The number of ether oxygens (including phenoxy) is 2. The van der Waals surface area contributed by atoms with E-state index in [0.717, 1.165) is 11.1 Å². The Hall–Kier alpha value is -3.68. The van der Waals surface area contributed by atoms with Gasteiger partial charge in [0.15, 0.2) is 17.3 Å². The molecule has 0 aliphatic rings. The van der Waals surface area contributed by atoms with Crippen LogP contribution in [-0.4, -0.2) is 39.9 Å². The summed E-state index contributed by atoms with van der Waals surface area (Å²) in [5.74, 6) is 1.56. The quantitative estimate of drug-likeness (QED) is 0.644. The fourth-order valence-electron chi connectivity index (χ4n) is 2.54. The summed E-state index contributed by atoms with van der Waals surface area (Å²) in [5.41, 5.74) is 1.57. The fourth-order valence-corrected chi connectivity index (χ4v) is 2.54. The normalized spacial score (nSPS) is 10.7. The van der Waals surface area contributed by atoms with Crippen molar-refractivity contribution in [3.8, 4) is 17.3 Å². The number of pyridine rings is 1. The van der Waals surface area contributed by atoms with E-state index >= 15 is 0 Å². The van der Waals surface area contributed by atoms with Crippen LogP contribution in [0.1, 0.15) is 11.1 Å². The number of benzene rings is 1. The minimum atomic E-state index is -0.242. The molecule has 3 rings (SSSR count). The van der Waals surface area contributed by atoms with Crippen molar-refractivity contribution in [2.45, 2.75) is 6.54 Å². The highest BCUT2D eigenvalue weighted by atomic mass is 16.5. The predicted molar refractivity (Wildman–Crippen MR) is 99.6 cm³/mol. The largest absolute Gasteiger partial charge is 0.493 e. The highest BCUT2D eigenvalue weighted by Crippen LogP contribution is 2.31. The molecule has 0 atom stereocenters. The maximum atomic E-state index is 12.2. The Labute approximate surface area is 156 Å². The van der Waals surface area contributed by atoms with Crippen LogP contribution >= 0.6 is 0 Å². The van der Waals surface area contributed by atoms with Gasteiger partial charge in [-0.2, -0.15) is 5.10 Å². The van der Waals surface area contributed by atoms with Crippen LogP contribution in [0.2, 0.25) is 0 Å². The van der Waals surface area contributed by atoms with Crippen molar-refractivity contribution in [1.29, 1.82) is 0 Å². The first kappa shape index (κ1) is 18.1. The van der Waals surface area contributed by atoms with Gasteiger partial charge in [-0.3, -0.25) is 4.79 Å². The lowest BCUT2D eigenvalue weighted by atomic mass is 10.1. The lowest BCUT2D eigenvalue weighted by Crippen LogP contribution is -2.21. The maximum Gasteiger partial charge on any atom is 0.244 e. The van der Waals surface area contributed by atoms with Gasteiger partial charge in [0.2, 0.25) is 5.91 Å². The highest BCUT2D eigenvalue weighted by Gasteiger charge is 2.09. The zero-order valence-corrected chi connectivity index (χ0v) is 15.0. The van der Waals surface area contributed by atoms with Crippen molar-refractivity contribution >= 4 is 12.0 Å². The van der Waals surface area contributed by atoms with E-state index in [4.69, 9.17) is 9.47 Å². The number of aromatic nitrogens is 4. The minimum Gasteiger partial charge on any atom is -0.493 e. The van der Waals surface area contributed by atoms with Gasteiger partial charge in [0.05, 0.1) is 14.2 Å². The molecule has 8 nitrogen and oxygen atoms in total. The van der Waals surface area contributed by atoms with Crippen LogP contribution in [0, 0.1) is 0 Å². The number of amides is 1. The summed E-state index contributed by atoms with van der Waals surface area (Å²) in [6.07, 6.45) is 7.78. The van der Waals surface area contributed by atoms with E-state index in [-0.39, 0.29) is 5.91 Å². The molecule has 1 N–H and O–H groups in total. The van der Waals surface area contributed by atoms with Crippen molar-refractivity contribution in [3.05, 3.63) is 66.4 Å². The molecule has 0 spiro atoms. The maximum absolute atomic E-state index is 12.2. The van der Waals surface area contributed by atoms with E-state index in [1.165, 1.54) is 12.4 Å². The van der Waals surface area contributed by atoms with Gasteiger partial charge < -0.3 is 14.8 Å². The lowest BCUT2D eigenvalue weighted by molar-refractivity contribution is -0.116. The summed E-state index contributed by atoms with van der Waals surface area (Å²) in [4.78, 5) is 20.4. The molecular weight excluding hydrogens is 346 g/mol. The molecule has 2 heterocycles. The Kier molecular flexibility index (Phi) is 5.78. The Morgan fingerprint density at radius 1 is 1.22 bits per heavy atom. The summed E-state index contributed by atoms with van der Waals surface area (Å²) in [6.45, 7) is 0.307. The van der Waals surface area contributed by atoms with E-state index in [2.05, 4.69) is 20.4 Å². The molecule has 1 aromatic carbocycles. The summed E-state index contributed by atoms with van der Waals surface area (Å²) in [6, 6.07) is 9.15. The fraction of sp³-hybridized carbons (Fsp3) is 0.158. The van der Waals surface area contributed by atoms with Gasteiger partial charge in [0.1, 0.15) is 12.7 Å². The first-order valence-electron chi connectivity index (χ1n) is 8.18. The molecule has 0 saturated heterocycles. The zero-order chi connectivity index (χ0) is 19.1. The molecule has 3 aromatic rings. The van der Waals surface area contributed by atoms with Crippen LogP contribution in [0.4, 0.5) is 0 Å². The number of nitrogens with one attached hydrogen (secondary N) is 1. The molecule has 0 bridgehead atoms. The predicted octanol–water partition coefficient (Wildman–Crippen LogP) is 2.01. The number of hydrogen-bond donors (Lipinski definition) is 1. The average molecular weight is 365 g/mol. The Balaban J connectivity index is 1.69. The number of para-hydroxylation sites is 1. The Morgan fingerprint density at radius 2 is 2.11 bits per heavy atom. The van der Waals surface area contributed by atoms with Gasteiger partial charge in [-0.1, -0.05) is 18.2 Å². The van der Waals surface area contributed by atoms with Crippen molar-refractivity contribution in [2.24, 2.45) is 0 Å². The van der Waals surface area contributed by atoms with Gasteiger partial charge >= 0.3 is 0 Å². The first-order valence-corrected chi connectivity index (χ1v) is 8.18. The van der Waals surface area contributed by atoms with Gasteiger partial charge in [-0.25, -0.2) is 14.6 Å². The lowest BCUT2D eigenvalue weighted by Gasteiger charge is -2.10. The van der Waals surface area contributed by atoms with Gasteiger partial charge in [-0.05, 0) is 18.2 Å². The number of hydrogen-bond acceptors (Lipinski definition) is 6. The molecule has 138 valence electrons. The molecule has 0 aliphatic heterocycles. The van der Waals surface area contributed by atoms with Crippen molar-refractivity contribution in [3.63, 3.8) is 0 Å². The number of carbonyl (C=O) groups excluding carboxylic acids is 1. The van der Waals surface area contributed by atoms with E-state index in [9.17, 15) is 4.79 Å². The molecule has 0 fully saturated rings. The van der Waals surface area contributed by atoms with Crippen LogP contribution in [0.15, 0.2) is 55.3 Å². The molecule has 1 amide bonds. The third-order valence-electron chi connectivity index (χ3n) is 3.80. The number of rotatable bonds is 7. The van der Waals surface area contributed by atoms with Gasteiger partial charge in [0, 0.05) is 29.9 Å². The molecule has 0 aliphatic carbocycles. The van der Waals surface area contributed by atoms with Crippen LogP contribution < -0.4 is 14.8 Å². The SMILES string of the molecule is COc1cccc(/C=C\C(=O)NCc2cccnc2-n2cncn2)c1OC. The third kappa shape index (κ3) is 4.30. The minimum absolute atomic E-state index is 0.242. The molecule has 8 heteroatoms. The topological polar surface area (TPSA) is 91.2 Å². The Morgan fingerprint density at radius 3 is 2.85 bits per heavy atom. The second-order valence-corrected chi connectivity index (χ2v) is 5.46. The monoisotopic (exact) mass is 365 g/mol. The number of methoxy groups -OCH3 is 2. The third-order valence-corrected chi connectivity index (χ3v) is 3.80. The summed E-state index contributed by atoms with van der Waals surface area (Å²) in [7, 11) is 3.13. The van der Waals surface area contributed by atoms with Crippen LogP contribution in [0.3, 0.4) is 0 Å². The van der Waals surface area contributed by atoms with Crippen LogP contribution in [0.25, 0.3) is 11.9 Å². The zero-order valence-electron chi connectivity index (χ0n) is 15.0.